The predicted octanol–water partition coefficient (Wildman–Crippen LogP) is 3.92. The molecule has 3 atom stereocenters. The Morgan fingerprint density at radius 3 is 1.70 bits per heavy atom. The second-order valence-corrected chi connectivity index (χ2v) is 7.43. The summed E-state index contributed by atoms with van der Waals surface area (Å²) in [5.41, 5.74) is -2.81. The van der Waals surface area contributed by atoms with Crippen LogP contribution in [0, 0.1) is 11.8 Å². The molecule has 0 spiro atoms. The van der Waals surface area contributed by atoms with Crippen molar-refractivity contribution in [1.29, 1.82) is 0 Å². The Morgan fingerprint density at radius 2 is 1.26 bits per heavy atom. The molecule has 0 aromatic heterocycles. The minimum atomic E-state index is -2.81. The highest BCUT2D eigenvalue weighted by Gasteiger charge is 2.52. The molecule has 27 heavy (non-hydrogen) atoms. The largest absolute Gasteiger partial charge is 0.481 e. The van der Waals surface area contributed by atoms with E-state index in [0.29, 0.717) is 19.3 Å². The highest BCUT2D eigenvalue weighted by molar-refractivity contribution is 5.89. The van der Waals surface area contributed by atoms with E-state index in [1.807, 2.05) is 6.92 Å². The number of rotatable bonds is 17. The summed E-state index contributed by atoms with van der Waals surface area (Å²) in [5.74, 6) is -6.99. The summed E-state index contributed by atoms with van der Waals surface area (Å²) < 4.78 is 0. The zero-order valence-electron chi connectivity index (χ0n) is 16.7. The van der Waals surface area contributed by atoms with Crippen molar-refractivity contribution in [2.75, 3.05) is 0 Å². The monoisotopic (exact) mass is 388 g/mol. The third kappa shape index (κ3) is 9.22. The lowest BCUT2D eigenvalue weighted by Gasteiger charge is -2.34. The lowest BCUT2D eigenvalue weighted by atomic mass is 9.72. The molecule has 0 aromatic rings. The van der Waals surface area contributed by atoms with E-state index in [9.17, 15) is 29.7 Å². The minimum absolute atomic E-state index is 0.457. The van der Waals surface area contributed by atoms with Crippen LogP contribution in [0.2, 0.25) is 0 Å². The highest BCUT2D eigenvalue weighted by atomic mass is 16.4. The summed E-state index contributed by atoms with van der Waals surface area (Å²) >= 11 is 0. The van der Waals surface area contributed by atoms with Crippen LogP contribution in [0.15, 0.2) is 0 Å². The number of aliphatic hydroxyl groups is 1. The summed E-state index contributed by atoms with van der Waals surface area (Å²) in [5, 5.41) is 38.5. The molecule has 0 aliphatic carbocycles. The number of unbranched alkanes of at least 4 members (excludes halogenated alkanes) is 7. The van der Waals surface area contributed by atoms with Gasteiger partial charge in [-0.1, -0.05) is 71.6 Å². The van der Waals surface area contributed by atoms with Gasteiger partial charge in [0.15, 0.2) is 5.60 Å². The van der Waals surface area contributed by atoms with Gasteiger partial charge in [-0.3, -0.25) is 9.59 Å². The number of hydrogen-bond acceptors (Lipinski definition) is 4. The first-order valence-electron chi connectivity index (χ1n) is 10.1. The maximum Gasteiger partial charge on any atom is 0.337 e. The zero-order valence-corrected chi connectivity index (χ0v) is 16.7. The quantitative estimate of drug-likeness (QED) is 0.278. The van der Waals surface area contributed by atoms with E-state index in [-0.39, 0.29) is 0 Å². The van der Waals surface area contributed by atoms with Crippen LogP contribution in [-0.4, -0.2) is 43.9 Å². The van der Waals surface area contributed by atoms with Crippen LogP contribution in [0.5, 0.6) is 0 Å². The van der Waals surface area contributed by atoms with Crippen molar-refractivity contribution in [3.63, 3.8) is 0 Å². The van der Waals surface area contributed by atoms with E-state index < -0.39 is 41.8 Å². The topological polar surface area (TPSA) is 132 Å². The average Bonchev–Trinajstić information content (AvgIpc) is 2.57. The maximum absolute atomic E-state index is 11.8. The molecule has 7 heteroatoms. The normalized spacial score (nSPS) is 15.7. The molecule has 0 aromatic carbocycles. The summed E-state index contributed by atoms with van der Waals surface area (Å²) in [7, 11) is 0. The van der Waals surface area contributed by atoms with E-state index in [0.717, 1.165) is 38.5 Å². The van der Waals surface area contributed by atoms with Crippen LogP contribution in [-0.2, 0) is 14.4 Å². The fourth-order valence-electron chi connectivity index (χ4n) is 3.65. The van der Waals surface area contributed by atoms with Crippen molar-refractivity contribution < 1.29 is 34.8 Å². The second kappa shape index (κ2) is 13.5. The summed E-state index contributed by atoms with van der Waals surface area (Å²) in [6.07, 6.45) is 8.67. The highest BCUT2D eigenvalue weighted by Crippen LogP contribution is 2.35. The van der Waals surface area contributed by atoms with Crippen molar-refractivity contribution in [3.8, 4) is 0 Å². The SMILES string of the molecule is CCCCCCCCCC(CCCC)C(C(=O)O)C(O)(CC(=O)O)C(=O)O. The van der Waals surface area contributed by atoms with Crippen LogP contribution in [0.3, 0.4) is 0 Å². The predicted molar refractivity (Wildman–Crippen MR) is 102 cm³/mol. The van der Waals surface area contributed by atoms with E-state index in [1.54, 1.807) is 0 Å². The lowest BCUT2D eigenvalue weighted by molar-refractivity contribution is -0.183. The molecule has 0 rings (SSSR count). The first-order valence-corrected chi connectivity index (χ1v) is 10.1. The Kier molecular flexibility index (Phi) is 12.7. The Bertz CT molecular complexity index is 463. The maximum atomic E-state index is 11.8. The molecule has 158 valence electrons. The number of carbonyl (C=O) groups is 3. The van der Waals surface area contributed by atoms with Crippen LogP contribution < -0.4 is 0 Å². The average molecular weight is 389 g/mol. The van der Waals surface area contributed by atoms with E-state index in [4.69, 9.17) is 5.11 Å². The van der Waals surface area contributed by atoms with Gasteiger partial charge in [0.05, 0.1) is 12.3 Å². The molecular weight excluding hydrogens is 352 g/mol. The van der Waals surface area contributed by atoms with Gasteiger partial charge in [-0.2, -0.15) is 0 Å². The molecule has 3 unspecified atom stereocenters. The van der Waals surface area contributed by atoms with Crippen molar-refractivity contribution in [1.82, 2.24) is 0 Å². The Labute approximate surface area is 161 Å². The minimum Gasteiger partial charge on any atom is -0.481 e. The summed E-state index contributed by atoms with van der Waals surface area (Å²) in [4.78, 5) is 34.5. The van der Waals surface area contributed by atoms with Gasteiger partial charge in [0.25, 0.3) is 0 Å². The summed E-state index contributed by atoms with van der Waals surface area (Å²) in [6.45, 7) is 4.09. The fraction of sp³-hybridized carbons (Fsp3) is 0.850. The molecule has 4 N–H and O–H groups in total. The Hall–Kier alpha value is -1.63. The first-order chi connectivity index (χ1) is 12.7. The van der Waals surface area contributed by atoms with Crippen LogP contribution >= 0.6 is 0 Å². The smallest absolute Gasteiger partial charge is 0.337 e. The summed E-state index contributed by atoms with van der Waals surface area (Å²) in [6, 6.07) is 0. The van der Waals surface area contributed by atoms with Gasteiger partial charge in [0.2, 0.25) is 0 Å². The Balaban J connectivity index is 5.15. The molecule has 0 saturated heterocycles. The van der Waals surface area contributed by atoms with Crippen molar-refractivity contribution in [2.45, 2.75) is 96.5 Å². The molecule has 0 amide bonds. The number of carboxylic acids is 3. The van der Waals surface area contributed by atoms with Crippen LogP contribution in [0.25, 0.3) is 0 Å². The molecule has 0 saturated carbocycles. The van der Waals surface area contributed by atoms with Crippen molar-refractivity contribution >= 4 is 17.9 Å². The van der Waals surface area contributed by atoms with Gasteiger partial charge in [-0.05, 0) is 18.8 Å². The molecule has 0 radical (unpaired) electrons. The van der Waals surface area contributed by atoms with Gasteiger partial charge in [-0.15, -0.1) is 0 Å². The molecule has 0 aliphatic rings. The Morgan fingerprint density at radius 1 is 0.778 bits per heavy atom. The zero-order chi connectivity index (χ0) is 20.9. The number of carboxylic acid groups (broad SMARTS) is 3. The van der Waals surface area contributed by atoms with Gasteiger partial charge in [-0.25, -0.2) is 4.79 Å². The third-order valence-electron chi connectivity index (χ3n) is 5.15. The number of hydrogen-bond donors (Lipinski definition) is 4. The molecular formula is C20H36O7. The first kappa shape index (κ1) is 25.4. The molecule has 0 heterocycles. The van der Waals surface area contributed by atoms with Gasteiger partial charge in [0, 0.05) is 0 Å². The third-order valence-corrected chi connectivity index (χ3v) is 5.15. The van der Waals surface area contributed by atoms with E-state index in [1.165, 1.54) is 12.8 Å². The lowest BCUT2D eigenvalue weighted by Crippen LogP contribution is -2.53. The molecule has 0 fully saturated rings. The molecule has 0 aliphatic heterocycles. The van der Waals surface area contributed by atoms with E-state index >= 15 is 0 Å². The standard InChI is InChI=1S/C20H36O7/c1-3-5-7-8-9-10-11-13-15(12-6-4-2)17(18(23)24)20(27,19(25)26)14-16(21)22/h15,17,27H,3-14H2,1-2H3,(H,21,22)(H,23,24)(H,25,26). The van der Waals surface area contributed by atoms with Crippen molar-refractivity contribution in [2.24, 2.45) is 11.8 Å². The molecule has 0 bridgehead atoms. The van der Waals surface area contributed by atoms with Gasteiger partial charge in [0.1, 0.15) is 0 Å². The van der Waals surface area contributed by atoms with Crippen molar-refractivity contribution in [3.05, 3.63) is 0 Å². The van der Waals surface area contributed by atoms with E-state index in [2.05, 4.69) is 6.92 Å². The number of aliphatic carboxylic acids is 3. The van der Waals surface area contributed by atoms with Gasteiger partial charge >= 0.3 is 17.9 Å². The second-order valence-electron chi connectivity index (χ2n) is 7.43. The van der Waals surface area contributed by atoms with Crippen LogP contribution in [0.1, 0.15) is 90.9 Å². The van der Waals surface area contributed by atoms with Crippen LogP contribution in [0.4, 0.5) is 0 Å². The molecule has 7 nitrogen and oxygen atoms in total. The van der Waals surface area contributed by atoms with Gasteiger partial charge < -0.3 is 20.4 Å². The fourth-order valence-corrected chi connectivity index (χ4v) is 3.65.